The van der Waals surface area contributed by atoms with E-state index in [2.05, 4.69) is 5.10 Å². The molecule has 0 saturated heterocycles. The summed E-state index contributed by atoms with van der Waals surface area (Å²) in [6.07, 6.45) is 0. The highest BCUT2D eigenvalue weighted by Gasteiger charge is 2.19. The Kier molecular flexibility index (Phi) is 5.41. The normalized spacial score (nSPS) is 11.0. The van der Waals surface area contributed by atoms with Gasteiger partial charge in [0.1, 0.15) is 9.71 Å². The van der Waals surface area contributed by atoms with Gasteiger partial charge in [-0.25, -0.2) is 9.48 Å². The van der Waals surface area contributed by atoms with Gasteiger partial charge in [0.25, 0.3) is 0 Å². The molecule has 0 amide bonds. The molecule has 2 aromatic heterocycles. The van der Waals surface area contributed by atoms with Crippen molar-refractivity contribution in [3.8, 4) is 5.69 Å². The van der Waals surface area contributed by atoms with Gasteiger partial charge >= 0.3 is 5.97 Å². The lowest BCUT2D eigenvalue weighted by Gasteiger charge is -2.04. The quantitative estimate of drug-likeness (QED) is 0.290. The number of aromatic nitrogens is 2. The fourth-order valence-electron chi connectivity index (χ4n) is 2.83. The number of rotatable bonds is 5. The van der Waals surface area contributed by atoms with Crippen LogP contribution in [0.25, 0.3) is 15.9 Å². The molecule has 0 fully saturated rings. The van der Waals surface area contributed by atoms with Gasteiger partial charge < -0.3 is 4.74 Å². The van der Waals surface area contributed by atoms with E-state index in [1.807, 2.05) is 19.1 Å². The number of halogens is 2. The number of nitrogens with zero attached hydrogens (tertiary/aromatic N) is 2. The Morgan fingerprint density at radius 3 is 2.31 bits per heavy atom. The third-order valence-electron chi connectivity index (χ3n) is 4.32. The first kappa shape index (κ1) is 19.6. The van der Waals surface area contributed by atoms with Gasteiger partial charge in [0, 0.05) is 21.0 Å². The number of ether oxygens (including phenoxy) is 1. The Hall–Kier alpha value is -2.67. The van der Waals surface area contributed by atoms with Crippen molar-refractivity contribution < 1.29 is 14.3 Å². The lowest BCUT2D eigenvalue weighted by molar-refractivity contribution is 0.0479. The van der Waals surface area contributed by atoms with Crippen LogP contribution in [-0.2, 0) is 4.74 Å². The van der Waals surface area contributed by atoms with E-state index in [0.29, 0.717) is 20.5 Å². The Bertz CT molecular complexity index is 1210. The molecule has 2 aromatic carbocycles. The van der Waals surface area contributed by atoms with E-state index in [-0.39, 0.29) is 12.4 Å². The van der Waals surface area contributed by atoms with Gasteiger partial charge in [-0.05, 0) is 61.5 Å². The predicted octanol–water partition coefficient (Wildman–Crippen LogP) is 5.74. The summed E-state index contributed by atoms with van der Waals surface area (Å²) in [5, 5.41) is 6.57. The van der Waals surface area contributed by atoms with E-state index < -0.39 is 5.97 Å². The molecule has 2 heterocycles. The molecular weight excluding hydrogens is 431 g/mol. The molecule has 0 aliphatic rings. The zero-order valence-electron chi connectivity index (χ0n) is 15.2. The zero-order valence-corrected chi connectivity index (χ0v) is 17.5. The summed E-state index contributed by atoms with van der Waals surface area (Å²) in [7, 11) is 0. The van der Waals surface area contributed by atoms with Crippen LogP contribution in [0.2, 0.25) is 10.0 Å². The Balaban J connectivity index is 1.54. The van der Waals surface area contributed by atoms with Gasteiger partial charge in [-0.3, -0.25) is 4.79 Å². The van der Waals surface area contributed by atoms with Crippen LogP contribution in [0, 0.1) is 6.92 Å². The first-order valence-corrected chi connectivity index (χ1v) is 10.2. The Morgan fingerprint density at radius 1 is 1.03 bits per heavy atom. The molecule has 0 aliphatic heterocycles. The minimum Gasteiger partial charge on any atom is -0.453 e. The SMILES string of the molecule is Cc1nn(-c2ccc(Cl)cc2)c2sc(C(=O)OCC(=O)c3ccc(Cl)cc3)cc12. The highest BCUT2D eigenvalue weighted by molar-refractivity contribution is 7.20. The van der Waals surface area contributed by atoms with Crippen LogP contribution < -0.4 is 0 Å². The summed E-state index contributed by atoms with van der Waals surface area (Å²) >= 11 is 13.0. The van der Waals surface area contributed by atoms with E-state index in [1.165, 1.54) is 11.3 Å². The van der Waals surface area contributed by atoms with Gasteiger partial charge in [-0.1, -0.05) is 23.2 Å². The van der Waals surface area contributed by atoms with Crippen molar-refractivity contribution in [2.75, 3.05) is 6.61 Å². The summed E-state index contributed by atoms with van der Waals surface area (Å²) in [4.78, 5) is 25.9. The number of hydrogen-bond donors (Lipinski definition) is 0. The van der Waals surface area contributed by atoms with E-state index >= 15 is 0 Å². The molecule has 29 heavy (non-hydrogen) atoms. The van der Waals surface area contributed by atoms with Crippen molar-refractivity contribution in [2.24, 2.45) is 0 Å². The minimum atomic E-state index is -0.546. The van der Waals surface area contributed by atoms with E-state index in [9.17, 15) is 9.59 Å². The van der Waals surface area contributed by atoms with Gasteiger partial charge in [0.15, 0.2) is 12.4 Å². The average Bonchev–Trinajstić information content (AvgIpc) is 3.28. The van der Waals surface area contributed by atoms with Crippen molar-refractivity contribution in [2.45, 2.75) is 6.92 Å². The Morgan fingerprint density at radius 2 is 1.66 bits per heavy atom. The second-order valence-corrected chi connectivity index (χ2v) is 8.21. The molecule has 0 N–H and O–H groups in total. The maximum Gasteiger partial charge on any atom is 0.348 e. The number of aryl methyl sites for hydroxylation is 1. The molecule has 8 heteroatoms. The van der Waals surface area contributed by atoms with Crippen molar-refractivity contribution >= 4 is 56.5 Å². The number of thiophene rings is 1. The maximum atomic E-state index is 12.5. The van der Waals surface area contributed by atoms with Gasteiger partial charge in [0.2, 0.25) is 0 Å². The molecule has 0 aliphatic carbocycles. The largest absolute Gasteiger partial charge is 0.453 e. The second kappa shape index (κ2) is 7.99. The number of hydrogen-bond acceptors (Lipinski definition) is 5. The number of Topliss-reactive ketones (excluding diaryl/α,β-unsaturated/α-hetero) is 1. The maximum absolute atomic E-state index is 12.5. The highest BCUT2D eigenvalue weighted by Crippen LogP contribution is 2.31. The number of carbonyl (C=O) groups is 2. The van der Waals surface area contributed by atoms with Crippen LogP contribution in [0.1, 0.15) is 25.7 Å². The Labute approximate surface area is 180 Å². The van der Waals surface area contributed by atoms with Crippen molar-refractivity contribution in [1.29, 1.82) is 0 Å². The van der Waals surface area contributed by atoms with Crippen molar-refractivity contribution in [3.05, 3.63) is 80.8 Å². The van der Waals surface area contributed by atoms with Crippen LogP contribution in [0.4, 0.5) is 0 Å². The molecular formula is C21H14Cl2N2O3S. The molecule has 0 radical (unpaired) electrons. The molecule has 5 nitrogen and oxygen atoms in total. The van der Waals surface area contributed by atoms with Gasteiger partial charge in [-0.15, -0.1) is 11.3 Å². The number of esters is 1. The first-order valence-electron chi connectivity index (χ1n) is 8.63. The summed E-state index contributed by atoms with van der Waals surface area (Å²) in [5.74, 6) is -0.838. The summed E-state index contributed by atoms with van der Waals surface area (Å²) in [6.45, 7) is 1.54. The second-order valence-electron chi connectivity index (χ2n) is 6.31. The first-order chi connectivity index (χ1) is 13.9. The highest BCUT2D eigenvalue weighted by atomic mass is 35.5. The number of fused-ring (bicyclic) bond motifs is 1. The van der Waals surface area contributed by atoms with Crippen molar-refractivity contribution in [3.63, 3.8) is 0 Å². The molecule has 4 rings (SSSR count). The van der Waals surface area contributed by atoms with E-state index in [4.69, 9.17) is 27.9 Å². The molecule has 0 unspecified atom stereocenters. The standard InChI is InChI=1S/C21H14Cl2N2O3S/c1-12-17-10-19(21(27)28-11-18(26)13-2-4-14(22)5-3-13)29-20(17)25(24-12)16-8-6-15(23)7-9-16/h2-10H,11H2,1H3. The van der Waals surface area contributed by atoms with Crippen LogP contribution in [0.5, 0.6) is 0 Å². The lowest BCUT2D eigenvalue weighted by Crippen LogP contribution is -2.13. The topological polar surface area (TPSA) is 61.2 Å². The van der Waals surface area contributed by atoms with Crippen molar-refractivity contribution in [1.82, 2.24) is 9.78 Å². The molecule has 146 valence electrons. The fraction of sp³-hybridized carbons (Fsp3) is 0.0952. The zero-order chi connectivity index (χ0) is 20.5. The summed E-state index contributed by atoms with van der Waals surface area (Å²) in [6, 6.07) is 15.5. The fourth-order valence-corrected chi connectivity index (χ4v) is 4.16. The smallest absolute Gasteiger partial charge is 0.348 e. The monoisotopic (exact) mass is 444 g/mol. The molecule has 0 saturated carbocycles. The van der Waals surface area contributed by atoms with Crippen LogP contribution >= 0.6 is 34.5 Å². The number of benzene rings is 2. The number of ketones is 1. The third kappa shape index (κ3) is 4.05. The van der Waals surface area contributed by atoms with Gasteiger partial charge in [0.05, 0.1) is 11.4 Å². The van der Waals surface area contributed by atoms with Gasteiger partial charge in [-0.2, -0.15) is 5.10 Å². The molecule has 0 bridgehead atoms. The molecule has 0 spiro atoms. The molecule has 4 aromatic rings. The summed E-state index contributed by atoms with van der Waals surface area (Å²) < 4.78 is 6.98. The minimum absolute atomic E-state index is 0.292. The third-order valence-corrected chi connectivity index (χ3v) is 5.91. The summed E-state index contributed by atoms with van der Waals surface area (Å²) in [5.41, 5.74) is 2.07. The van der Waals surface area contributed by atoms with Crippen LogP contribution in [0.3, 0.4) is 0 Å². The van der Waals surface area contributed by atoms with Crippen LogP contribution in [0.15, 0.2) is 54.6 Å². The van der Waals surface area contributed by atoms with E-state index in [1.54, 1.807) is 47.1 Å². The van der Waals surface area contributed by atoms with Crippen LogP contribution in [-0.4, -0.2) is 28.1 Å². The predicted molar refractivity (Wildman–Crippen MR) is 115 cm³/mol. The van der Waals surface area contributed by atoms with E-state index in [0.717, 1.165) is 21.6 Å². The molecule has 0 atom stereocenters. The average molecular weight is 445 g/mol. The lowest BCUT2D eigenvalue weighted by atomic mass is 10.1. The number of carbonyl (C=O) groups excluding carboxylic acids is 2.